The molecule has 0 aliphatic carbocycles. The molecule has 0 amide bonds. The average molecular weight is 353 g/mol. The molecule has 0 aliphatic heterocycles. The van der Waals surface area contributed by atoms with Gasteiger partial charge in [0.15, 0.2) is 5.82 Å². The van der Waals surface area contributed by atoms with Crippen LogP contribution < -0.4 is 5.32 Å². The topological polar surface area (TPSA) is 63.6 Å². The quantitative estimate of drug-likeness (QED) is 0.560. The lowest BCUT2D eigenvalue weighted by molar-refractivity contribution is 0.872. The number of hydrogen-bond acceptors (Lipinski definition) is 5. The van der Waals surface area contributed by atoms with Gasteiger partial charge in [-0.15, -0.1) is 0 Å². The van der Waals surface area contributed by atoms with E-state index in [-0.39, 0.29) is 6.04 Å². The number of rotatable bonds is 5. The molecule has 0 aliphatic rings. The fourth-order valence-corrected chi connectivity index (χ4v) is 2.85. The predicted octanol–water partition coefficient (Wildman–Crippen LogP) is 4.77. The minimum atomic E-state index is 0.114. The van der Waals surface area contributed by atoms with Gasteiger partial charge in [0, 0.05) is 36.3 Å². The van der Waals surface area contributed by atoms with Crippen molar-refractivity contribution in [2.45, 2.75) is 13.0 Å². The second-order valence-corrected chi connectivity index (χ2v) is 6.19. The molecule has 3 aromatic heterocycles. The molecule has 1 atom stereocenters. The Morgan fingerprint density at radius 3 is 2.30 bits per heavy atom. The maximum Gasteiger partial charge on any atom is 0.180 e. The minimum absolute atomic E-state index is 0.114. The van der Waals surface area contributed by atoms with Gasteiger partial charge in [-0.1, -0.05) is 36.4 Å². The van der Waals surface area contributed by atoms with Crippen LogP contribution in [0.4, 0.5) is 5.82 Å². The first kappa shape index (κ1) is 16.8. The molecule has 1 aromatic carbocycles. The van der Waals surface area contributed by atoms with Gasteiger partial charge in [0.25, 0.3) is 0 Å². The second kappa shape index (κ2) is 7.74. The number of anilines is 1. The van der Waals surface area contributed by atoms with E-state index in [0.29, 0.717) is 5.82 Å². The van der Waals surface area contributed by atoms with Crippen LogP contribution in [0, 0.1) is 0 Å². The Morgan fingerprint density at radius 2 is 1.56 bits per heavy atom. The minimum Gasteiger partial charge on any atom is -0.363 e. The van der Waals surface area contributed by atoms with E-state index >= 15 is 0 Å². The Balaban J connectivity index is 1.74. The molecule has 0 saturated heterocycles. The molecule has 0 spiro atoms. The summed E-state index contributed by atoms with van der Waals surface area (Å²) >= 11 is 0. The molecule has 132 valence electrons. The number of benzene rings is 1. The summed E-state index contributed by atoms with van der Waals surface area (Å²) < 4.78 is 0. The second-order valence-electron chi connectivity index (χ2n) is 6.19. The Morgan fingerprint density at radius 1 is 0.778 bits per heavy atom. The largest absolute Gasteiger partial charge is 0.363 e. The molecule has 5 nitrogen and oxygen atoms in total. The van der Waals surface area contributed by atoms with Crippen LogP contribution in [0.25, 0.3) is 22.8 Å². The lowest BCUT2D eigenvalue weighted by atomic mass is 10.1. The fourth-order valence-electron chi connectivity index (χ4n) is 2.85. The van der Waals surface area contributed by atoms with Crippen LogP contribution >= 0.6 is 0 Å². The standard InChI is InChI=1S/C22H19N5/c1-16(17-7-3-2-4-8-17)25-21-15-20(18-10-13-23-14-11-18)26-22(27-21)19-9-5-6-12-24-19/h2-16H,1H3,(H,25,26,27). The molecule has 4 aromatic rings. The van der Waals surface area contributed by atoms with Crippen LogP contribution in [-0.2, 0) is 0 Å². The average Bonchev–Trinajstić information content (AvgIpc) is 2.75. The normalized spacial score (nSPS) is 11.7. The summed E-state index contributed by atoms with van der Waals surface area (Å²) in [5.74, 6) is 1.35. The Kier molecular flexibility index (Phi) is 4.83. The van der Waals surface area contributed by atoms with Crippen molar-refractivity contribution in [2.24, 2.45) is 0 Å². The first-order valence-electron chi connectivity index (χ1n) is 8.82. The molecule has 27 heavy (non-hydrogen) atoms. The van der Waals surface area contributed by atoms with E-state index in [9.17, 15) is 0 Å². The predicted molar refractivity (Wildman–Crippen MR) is 107 cm³/mol. The maximum atomic E-state index is 4.71. The van der Waals surface area contributed by atoms with E-state index in [4.69, 9.17) is 9.97 Å². The third-order valence-electron chi connectivity index (χ3n) is 4.26. The molecule has 3 heterocycles. The van der Waals surface area contributed by atoms with Crippen molar-refractivity contribution >= 4 is 5.82 Å². The van der Waals surface area contributed by atoms with E-state index < -0.39 is 0 Å². The SMILES string of the molecule is CC(Nc1cc(-c2ccncc2)nc(-c2ccccn2)n1)c1ccccc1. The molecule has 1 N–H and O–H groups in total. The highest BCUT2D eigenvalue weighted by atomic mass is 15.1. The van der Waals surface area contributed by atoms with Crippen molar-refractivity contribution in [3.05, 3.63) is 90.9 Å². The van der Waals surface area contributed by atoms with E-state index in [1.54, 1.807) is 18.6 Å². The Bertz CT molecular complexity index is 947. The van der Waals surface area contributed by atoms with Crippen molar-refractivity contribution in [1.29, 1.82) is 0 Å². The third-order valence-corrected chi connectivity index (χ3v) is 4.26. The Hall–Kier alpha value is -3.60. The summed E-state index contributed by atoms with van der Waals surface area (Å²) in [5, 5.41) is 3.48. The zero-order chi connectivity index (χ0) is 18.5. The van der Waals surface area contributed by atoms with Crippen LogP contribution in [-0.4, -0.2) is 19.9 Å². The number of aromatic nitrogens is 4. The summed E-state index contributed by atoms with van der Waals surface area (Å²) in [6.45, 7) is 2.12. The molecule has 0 saturated carbocycles. The van der Waals surface area contributed by atoms with Crippen LogP contribution in [0.3, 0.4) is 0 Å². The van der Waals surface area contributed by atoms with E-state index in [0.717, 1.165) is 22.8 Å². The molecule has 0 fully saturated rings. The summed E-state index contributed by atoms with van der Waals surface area (Å²) in [6.07, 6.45) is 5.27. The van der Waals surface area contributed by atoms with E-state index in [1.807, 2.05) is 54.6 Å². The maximum absolute atomic E-state index is 4.71. The van der Waals surface area contributed by atoms with Crippen molar-refractivity contribution in [3.63, 3.8) is 0 Å². The molecular weight excluding hydrogens is 334 g/mol. The number of nitrogens with one attached hydrogen (secondary N) is 1. The van der Waals surface area contributed by atoms with Crippen LogP contribution in [0.1, 0.15) is 18.5 Å². The van der Waals surface area contributed by atoms with Crippen molar-refractivity contribution in [3.8, 4) is 22.8 Å². The first-order valence-corrected chi connectivity index (χ1v) is 8.82. The fraction of sp³-hybridized carbons (Fsp3) is 0.0909. The van der Waals surface area contributed by atoms with Crippen molar-refractivity contribution in [2.75, 3.05) is 5.32 Å². The smallest absolute Gasteiger partial charge is 0.180 e. The van der Waals surface area contributed by atoms with Gasteiger partial charge in [-0.3, -0.25) is 9.97 Å². The van der Waals surface area contributed by atoms with E-state index in [2.05, 4.69) is 34.3 Å². The molecule has 0 bridgehead atoms. The van der Waals surface area contributed by atoms with Crippen molar-refractivity contribution in [1.82, 2.24) is 19.9 Å². The molecule has 1 unspecified atom stereocenters. The van der Waals surface area contributed by atoms with E-state index in [1.165, 1.54) is 5.56 Å². The number of hydrogen-bond donors (Lipinski definition) is 1. The molecule has 4 rings (SSSR count). The van der Waals surface area contributed by atoms with Gasteiger partial charge in [-0.2, -0.15) is 0 Å². The molecular formula is C22H19N5. The zero-order valence-corrected chi connectivity index (χ0v) is 14.9. The van der Waals surface area contributed by atoms with Crippen molar-refractivity contribution < 1.29 is 0 Å². The third kappa shape index (κ3) is 3.98. The number of pyridine rings is 2. The van der Waals surface area contributed by atoms with Gasteiger partial charge < -0.3 is 5.32 Å². The summed E-state index contributed by atoms with van der Waals surface area (Å²) in [5.41, 5.74) is 3.75. The van der Waals surface area contributed by atoms with Crippen LogP contribution in [0.2, 0.25) is 0 Å². The molecule has 0 radical (unpaired) electrons. The lowest BCUT2D eigenvalue weighted by Gasteiger charge is -2.16. The highest BCUT2D eigenvalue weighted by molar-refractivity contribution is 5.66. The van der Waals surface area contributed by atoms with Gasteiger partial charge in [-0.25, -0.2) is 9.97 Å². The molecule has 5 heteroatoms. The lowest BCUT2D eigenvalue weighted by Crippen LogP contribution is -2.09. The zero-order valence-electron chi connectivity index (χ0n) is 14.9. The number of nitrogens with zero attached hydrogens (tertiary/aromatic N) is 4. The highest BCUT2D eigenvalue weighted by Crippen LogP contribution is 2.25. The van der Waals surface area contributed by atoms with Gasteiger partial charge in [0.2, 0.25) is 0 Å². The van der Waals surface area contributed by atoms with Gasteiger partial charge in [-0.05, 0) is 36.8 Å². The van der Waals surface area contributed by atoms with Gasteiger partial charge >= 0.3 is 0 Å². The van der Waals surface area contributed by atoms with Gasteiger partial charge in [0.1, 0.15) is 11.5 Å². The summed E-state index contributed by atoms with van der Waals surface area (Å²) in [6, 6.07) is 22.0. The summed E-state index contributed by atoms with van der Waals surface area (Å²) in [4.78, 5) is 17.9. The monoisotopic (exact) mass is 353 g/mol. The highest BCUT2D eigenvalue weighted by Gasteiger charge is 2.12. The van der Waals surface area contributed by atoms with Gasteiger partial charge in [0.05, 0.1) is 5.69 Å². The Labute approximate surface area is 158 Å². The van der Waals surface area contributed by atoms with Crippen LogP contribution in [0.15, 0.2) is 85.3 Å². The van der Waals surface area contributed by atoms with Crippen LogP contribution in [0.5, 0.6) is 0 Å². The summed E-state index contributed by atoms with van der Waals surface area (Å²) in [7, 11) is 0. The first-order chi connectivity index (χ1) is 13.3.